The number of amides is 1. The third-order valence-corrected chi connectivity index (χ3v) is 5.16. The second-order valence-corrected chi connectivity index (χ2v) is 7.19. The molecule has 1 amide bonds. The van der Waals surface area contributed by atoms with Crippen LogP contribution in [0.5, 0.6) is 0 Å². The van der Waals surface area contributed by atoms with E-state index in [9.17, 15) is 4.79 Å². The first-order valence-electron chi connectivity index (χ1n) is 9.31. The lowest BCUT2D eigenvalue weighted by molar-refractivity contribution is 0.0954. The molecule has 0 radical (unpaired) electrons. The highest BCUT2D eigenvalue weighted by molar-refractivity contribution is 5.94. The van der Waals surface area contributed by atoms with Crippen molar-refractivity contribution in [3.05, 3.63) is 52.3 Å². The number of carbonyl (C=O) groups excluding carboxylic acids is 1. The summed E-state index contributed by atoms with van der Waals surface area (Å²) in [6.07, 6.45) is 0.793. The molecule has 0 aliphatic carbocycles. The Labute approximate surface area is 155 Å². The Hall–Kier alpha value is -2.18. The Morgan fingerprint density at radius 3 is 2.46 bits per heavy atom. The van der Waals surface area contributed by atoms with Crippen molar-refractivity contribution < 1.29 is 4.79 Å². The third-order valence-electron chi connectivity index (χ3n) is 5.16. The topological polar surface area (TPSA) is 64.3 Å². The van der Waals surface area contributed by atoms with Gasteiger partial charge in [0.1, 0.15) is 0 Å². The van der Waals surface area contributed by atoms with Crippen LogP contribution in [-0.2, 0) is 13.0 Å². The molecule has 0 bridgehead atoms. The van der Waals surface area contributed by atoms with Gasteiger partial charge in [0.25, 0.3) is 5.91 Å². The van der Waals surface area contributed by atoms with Gasteiger partial charge < -0.3 is 10.2 Å². The number of piperazine rings is 1. The zero-order chi connectivity index (χ0) is 18.5. The van der Waals surface area contributed by atoms with Gasteiger partial charge in [-0.3, -0.25) is 14.8 Å². The number of H-pyrrole nitrogens is 1. The minimum absolute atomic E-state index is 0.0186. The lowest BCUT2D eigenvalue weighted by atomic mass is 10.1. The highest BCUT2D eigenvalue weighted by atomic mass is 16.1. The molecule has 2 N–H and O–H groups in total. The van der Waals surface area contributed by atoms with Crippen molar-refractivity contribution in [1.29, 1.82) is 0 Å². The van der Waals surface area contributed by atoms with Crippen LogP contribution in [0.4, 0.5) is 0 Å². The fraction of sp³-hybridized carbons (Fsp3) is 0.500. The summed E-state index contributed by atoms with van der Waals surface area (Å²) in [6, 6.07) is 7.99. The van der Waals surface area contributed by atoms with Crippen LogP contribution in [0.15, 0.2) is 24.3 Å². The van der Waals surface area contributed by atoms with E-state index in [1.54, 1.807) is 0 Å². The second-order valence-electron chi connectivity index (χ2n) is 7.19. The molecular formula is C20H29N5O. The number of hydrogen-bond donors (Lipinski definition) is 2. The molecule has 1 fully saturated rings. The van der Waals surface area contributed by atoms with E-state index in [0.717, 1.165) is 50.5 Å². The van der Waals surface area contributed by atoms with Gasteiger partial charge in [-0.1, -0.05) is 12.1 Å². The molecule has 1 saturated heterocycles. The van der Waals surface area contributed by atoms with E-state index in [4.69, 9.17) is 0 Å². The van der Waals surface area contributed by atoms with Crippen LogP contribution >= 0.6 is 0 Å². The molecule has 2 aromatic rings. The Balaban J connectivity index is 1.47. The molecule has 0 unspecified atom stereocenters. The summed E-state index contributed by atoms with van der Waals surface area (Å²) in [6.45, 7) is 10.0. The molecule has 1 aromatic carbocycles. The van der Waals surface area contributed by atoms with Gasteiger partial charge in [-0.2, -0.15) is 5.10 Å². The lowest BCUT2D eigenvalue weighted by Gasteiger charge is -2.32. The predicted molar refractivity (Wildman–Crippen MR) is 103 cm³/mol. The van der Waals surface area contributed by atoms with E-state index >= 15 is 0 Å². The van der Waals surface area contributed by atoms with E-state index in [0.29, 0.717) is 12.1 Å². The SMILES string of the molecule is Cc1n[nH]c(C)c1CCNC(=O)c1ccc(CN2CCN(C)CC2)cc1. The minimum Gasteiger partial charge on any atom is -0.352 e. The van der Waals surface area contributed by atoms with Crippen LogP contribution in [-0.4, -0.2) is 65.7 Å². The van der Waals surface area contributed by atoms with Crippen LogP contribution in [0.25, 0.3) is 0 Å². The van der Waals surface area contributed by atoms with Crippen LogP contribution in [0.1, 0.15) is 32.9 Å². The highest BCUT2D eigenvalue weighted by Gasteiger charge is 2.14. The molecule has 1 aliphatic rings. The molecule has 0 spiro atoms. The Morgan fingerprint density at radius 2 is 1.85 bits per heavy atom. The summed E-state index contributed by atoms with van der Waals surface area (Å²) in [4.78, 5) is 17.2. The number of likely N-dealkylation sites (N-methyl/N-ethyl adjacent to an activating group) is 1. The van der Waals surface area contributed by atoms with Crippen LogP contribution < -0.4 is 5.32 Å². The molecule has 2 heterocycles. The predicted octanol–water partition coefficient (Wildman–Crippen LogP) is 1.75. The Morgan fingerprint density at radius 1 is 1.15 bits per heavy atom. The van der Waals surface area contributed by atoms with Gasteiger partial charge in [-0.05, 0) is 50.6 Å². The van der Waals surface area contributed by atoms with Crippen molar-refractivity contribution in [2.45, 2.75) is 26.8 Å². The van der Waals surface area contributed by atoms with Gasteiger partial charge in [-0.25, -0.2) is 0 Å². The van der Waals surface area contributed by atoms with Crippen LogP contribution in [0.2, 0.25) is 0 Å². The molecular weight excluding hydrogens is 326 g/mol. The minimum atomic E-state index is -0.0186. The van der Waals surface area contributed by atoms with Crippen molar-refractivity contribution >= 4 is 5.91 Å². The Kier molecular flexibility index (Phi) is 6.06. The summed E-state index contributed by atoms with van der Waals surface area (Å²) >= 11 is 0. The van der Waals surface area contributed by atoms with Gasteiger partial charge >= 0.3 is 0 Å². The number of hydrogen-bond acceptors (Lipinski definition) is 4. The van der Waals surface area contributed by atoms with Gasteiger partial charge in [0, 0.05) is 50.5 Å². The van der Waals surface area contributed by atoms with Crippen molar-refractivity contribution in [2.75, 3.05) is 39.8 Å². The zero-order valence-corrected chi connectivity index (χ0v) is 16.0. The van der Waals surface area contributed by atoms with Crippen LogP contribution in [0, 0.1) is 13.8 Å². The number of carbonyl (C=O) groups is 1. The number of aromatic nitrogens is 2. The van der Waals surface area contributed by atoms with Crippen molar-refractivity contribution in [2.24, 2.45) is 0 Å². The molecule has 140 valence electrons. The monoisotopic (exact) mass is 355 g/mol. The number of aromatic amines is 1. The van der Waals surface area contributed by atoms with Crippen molar-refractivity contribution in [3.8, 4) is 0 Å². The molecule has 26 heavy (non-hydrogen) atoms. The Bertz CT molecular complexity index is 710. The van der Waals surface area contributed by atoms with Crippen molar-refractivity contribution in [3.63, 3.8) is 0 Å². The average Bonchev–Trinajstić information content (AvgIpc) is 2.96. The van der Waals surface area contributed by atoms with E-state index < -0.39 is 0 Å². The number of nitrogens with one attached hydrogen (secondary N) is 2. The standard InChI is InChI=1S/C20H29N5O/c1-15-19(16(2)23-22-15)8-9-21-20(26)18-6-4-17(5-7-18)14-25-12-10-24(3)11-13-25/h4-7H,8-14H2,1-3H3,(H,21,26)(H,22,23). The first-order chi connectivity index (χ1) is 12.5. The van der Waals surface area contributed by atoms with Crippen molar-refractivity contribution in [1.82, 2.24) is 25.3 Å². The van der Waals surface area contributed by atoms with E-state index in [1.807, 2.05) is 26.0 Å². The first kappa shape index (κ1) is 18.6. The quantitative estimate of drug-likeness (QED) is 0.829. The van der Waals surface area contributed by atoms with Gasteiger partial charge in [0.2, 0.25) is 0 Å². The molecule has 0 atom stereocenters. The van der Waals surface area contributed by atoms with Crippen LogP contribution in [0.3, 0.4) is 0 Å². The second kappa shape index (κ2) is 8.47. The molecule has 1 aliphatic heterocycles. The maximum absolute atomic E-state index is 12.3. The zero-order valence-electron chi connectivity index (χ0n) is 16.0. The van der Waals surface area contributed by atoms with E-state index in [-0.39, 0.29) is 5.91 Å². The summed E-state index contributed by atoms with van der Waals surface area (Å²) in [5.41, 5.74) is 5.24. The van der Waals surface area contributed by atoms with Gasteiger partial charge in [0.05, 0.1) is 5.69 Å². The fourth-order valence-electron chi connectivity index (χ4n) is 3.37. The smallest absolute Gasteiger partial charge is 0.251 e. The summed E-state index contributed by atoms with van der Waals surface area (Å²) in [7, 11) is 2.17. The fourth-order valence-corrected chi connectivity index (χ4v) is 3.37. The number of rotatable bonds is 6. The van der Waals surface area contributed by atoms with Gasteiger partial charge in [-0.15, -0.1) is 0 Å². The molecule has 1 aromatic heterocycles. The summed E-state index contributed by atoms with van der Waals surface area (Å²) < 4.78 is 0. The molecule has 6 nitrogen and oxygen atoms in total. The highest BCUT2D eigenvalue weighted by Crippen LogP contribution is 2.11. The molecule has 6 heteroatoms. The van der Waals surface area contributed by atoms with Gasteiger partial charge in [0.15, 0.2) is 0 Å². The first-order valence-corrected chi connectivity index (χ1v) is 9.31. The molecule has 3 rings (SSSR count). The van der Waals surface area contributed by atoms with E-state index in [2.05, 4.69) is 44.5 Å². The lowest BCUT2D eigenvalue weighted by Crippen LogP contribution is -2.43. The number of benzene rings is 1. The maximum atomic E-state index is 12.3. The summed E-state index contributed by atoms with van der Waals surface area (Å²) in [5, 5.41) is 10.2. The molecule has 0 saturated carbocycles. The maximum Gasteiger partial charge on any atom is 0.251 e. The summed E-state index contributed by atoms with van der Waals surface area (Å²) in [5.74, 6) is -0.0186. The number of aryl methyl sites for hydroxylation is 2. The normalized spacial score (nSPS) is 16.0. The largest absolute Gasteiger partial charge is 0.352 e. The average molecular weight is 355 g/mol. The number of nitrogens with zero attached hydrogens (tertiary/aromatic N) is 3. The van der Waals surface area contributed by atoms with E-state index in [1.165, 1.54) is 11.1 Å². The third kappa shape index (κ3) is 4.71.